The molecule has 0 aromatic heterocycles. The third-order valence-electron chi connectivity index (χ3n) is 3.47. The van der Waals surface area contributed by atoms with Gasteiger partial charge in [0.05, 0.1) is 6.42 Å². The minimum absolute atomic E-state index is 0.00765. The Hall–Kier alpha value is -3.23. The van der Waals surface area contributed by atoms with Crippen molar-refractivity contribution in [2.75, 3.05) is 13.6 Å². The van der Waals surface area contributed by atoms with Gasteiger partial charge in [-0.25, -0.2) is 4.79 Å². The highest BCUT2D eigenvalue weighted by molar-refractivity contribution is 5.98. The maximum atomic E-state index is 11.9. The maximum Gasteiger partial charge on any atom is 0.321 e. The lowest BCUT2D eigenvalue weighted by atomic mass is 10.1. The van der Waals surface area contributed by atoms with Crippen LogP contribution in [0.1, 0.15) is 36.5 Å². The molecule has 0 unspecified atom stereocenters. The van der Waals surface area contributed by atoms with Crippen molar-refractivity contribution in [3.05, 3.63) is 35.9 Å². The zero-order chi connectivity index (χ0) is 20.2. The average molecular weight is 377 g/mol. The molecule has 0 aliphatic rings. The molecule has 0 fully saturated rings. The van der Waals surface area contributed by atoms with Gasteiger partial charge in [-0.2, -0.15) is 0 Å². The monoisotopic (exact) mass is 377 g/mol. The van der Waals surface area contributed by atoms with Crippen molar-refractivity contribution in [3.8, 4) is 0 Å². The van der Waals surface area contributed by atoms with Crippen molar-refractivity contribution in [1.82, 2.24) is 16.0 Å². The average Bonchev–Trinajstić information content (AvgIpc) is 2.66. The number of carbonyl (C=O) groups is 5. The number of carbonyl (C=O) groups excluding carboxylic acids is 5. The topological polar surface area (TPSA) is 131 Å². The number of hydrogen-bond acceptors (Lipinski definition) is 6. The number of imide groups is 1. The van der Waals surface area contributed by atoms with Gasteiger partial charge in [-0.3, -0.25) is 24.5 Å². The smallest absolute Gasteiger partial charge is 0.321 e. The molecular formula is C18H23N3O6. The van der Waals surface area contributed by atoms with Crippen molar-refractivity contribution in [2.45, 2.75) is 32.3 Å². The summed E-state index contributed by atoms with van der Waals surface area (Å²) in [5.74, 6) is -1.96. The predicted octanol–water partition coefficient (Wildman–Crippen LogP) is 0.543. The molecular weight excluding hydrogens is 354 g/mol. The van der Waals surface area contributed by atoms with Crippen molar-refractivity contribution in [2.24, 2.45) is 0 Å². The van der Waals surface area contributed by atoms with Gasteiger partial charge in [0.1, 0.15) is 0 Å². The Morgan fingerprint density at radius 2 is 1.67 bits per heavy atom. The van der Waals surface area contributed by atoms with E-state index in [0.29, 0.717) is 5.56 Å². The largest absolute Gasteiger partial charge is 0.452 e. The van der Waals surface area contributed by atoms with Crippen molar-refractivity contribution in [1.29, 1.82) is 0 Å². The number of amides is 4. The standard InChI is InChI=1S/C18H23N3O6/c1-12(17(25)21-18(26)19-2)27-16(24)10-11-20-15(23)9-8-14(22)13-6-4-3-5-7-13/h3-7,12H,8-11H2,1-2H3,(H,20,23)(H2,19,21,25,26)/t12-/m0/s1. The van der Waals surface area contributed by atoms with Gasteiger partial charge in [0.25, 0.3) is 5.91 Å². The minimum Gasteiger partial charge on any atom is -0.452 e. The van der Waals surface area contributed by atoms with E-state index in [4.69, 9.17) is 4.74 Å². The van der Waals surface area contributed by atoms with E-state index in [2.05, 4.69) is 10.6 Å². The molecule has 3 N–H and O–H groups in total. The summed E-state index contributed by atoms with van der Waals surface area (Å²) < 4.78 is 4.86. The number of nitrogens with one attached hydrogen (secondary N) is 3. The fourth-order valence-corrected chi connectivity index (χ4v) is 1.97. The van der Waals surface area contributed by atoms with Crippen LogP contribution in [0.2, 0.25) is 0 Å². The van der Waals surface area contributed by atoms with Crippen molar-refractivity contribution < 1.29 is 28.7 Å². The Labute approximate surface area is 156 Å². The Kier molecular flexibility index (Phi) is 9.21. The molecule has 146 valence electrons. The Balaban J connectivity index is 2.23. The zero-order valence-electron chi connectivity index (χ0n) is 15.2. The first-order chi connectivity index (χ1) is 12.8. The van der Waals surface area contributed by atoms with Crippen LogP contribution in [0, 0.1) is 0 Å². The molecule has 0 radical (unpaired) electrons. The molecule has 0 spiro atoms. The quantitative estimate of drug-likeness (QED) is 0.425. The number of hydrogen-bond donors (Lipinski definition) is 3. The highest BCUT2D eigenvalue weighted by Crippen LogP contribution is 2.05. The molecule has 1 aromatic carbocycles. The van der Waals surface area contributed by atoms with Crippen LogP contribution in [-0.2, 0) is 19.1 Å². The van der Waals surface area contributed by atoms with Gasteiger partial charge in [-0.15, -0.1) is 0 Å². The lowest BCUT2D eigenvalue weighted by molar-refractivity contribution is -0.154. The molecule has 4 amide bonds. The summed E-state index contributed by atoms with van der Waals surface area (Å²) in [6.07, 6.45) is -1.21. The van der Waals surface area contributed by atoms with Crippen LogP contribution in [0.4, 0.5) is 4.79 Å². The number of ether oxygens (including phenoxy) is 1. The normalized spacial score (nSPS) is 11.0. The van der Waals surface area contributed by atoms with Gasteiger partial charge in [-0.05, 0) is 6.92 Å². The van der Waals surface area contributed by atoms with Crippen LogP contribution in [-0.4, -0.2) is 49.3 Å². The molecule has 1 aromatic rings. The molecule has 0 heterocycles. The fourth-order valence-electron chi connectivity index (χ4n) is 1.97. The van der Waals surface area contributed by atoms with Gasteiger partial charge in [0.2, 0.25) is 5.91 Å². The molecule has 1 atom stereocenters. The van der Waals surface area contributed by atoms with E-state index < -0.39 is 24.0 Å². The van der Waals surface area contributed by atoms with Crippen molar-refractivity contribution >= 4 is 29.6 Å². The second-order valence-corrected chi connectivity index (χ2v) is 5.59. The van der Waals surface area contributed by atoms with Crippen LogP contribution in [0.3, 0.4) is 0 Å². The summed E-state index contributed by atoms with van der Waals surface area (Å²) in [7, 11) is 1.34. The lowest BCUT2D eigenvalue weighted by Gasteiger charge is -2.12. The van der Waals surface area contributed by atoms with E-state index in [1.807, 2.05) is 5.32 Å². The summed E-state index contributed by atoms with van der Waals surface area (Å²) in [4.78, 5) is 57.8. The molecule has 0 bridgehead atoms. The SMILES string of the molecule is CNC(=O)NC(=O)[C@H](C)OC(=O)CCNC(=O)CCC(=O)c1ccccc1. The highest BCUT2D eigenvalue weighted by Gasteiger charge is 2.19. The van der Waals surface area contributed by atoms with E-state index >= 15 is 0 Å². The Morgan fingerprint density at radius 3 is 2.30 bits per heavy atom. The van der Waals surface area contributed by atoms with E-state index in [9.17, 15) is 24.0 Å². The molecule has 9 heteroatoms. The Morgan fingerprint density at radius 1 is 1.00 bits per heavy atom. The second-order valence-electron chi connectivity index (χ2n) is 5.59. The third-order valence-corrected chi connectivity index (χ3v) is 3.47. The minimum atomic E-state index is -1.14. The molecule has 0 saturated carbocycles. The van der Waals surface area contributed by atoms with Crippen LogP contribution in [0.15, 0.2) is 30.3 Å². The van der Waals surface area contributed by atoms with E-state index in [1.54, 1.807) is 30.3 Å². The first-order valence-corrected chi connectivity index (χ1v) is 8.40. The molecule has 0 saturated heterocycles. The molecule has 0 aliphatic heterocycles. The molecule has 1 rings (SSSR count). The molecule has 27 heavy (non-hydrogen) atoms. The van der Waals surface area contributed by atoms with Crippen LogP contribution in [0.25, 0.3) is 0 Å². The van der Waals surface area contributed by atoms with Gasteiger partial charge in [0, 0.05) is 32.0 Å². The number of Topliss-reactive ketones (excluding diaryl/α,β-unsaturated/α-hetero) is 1. The maximum absolute atomic E-state index is 11.9. The van der Waals surface area contributed by atoms with Crippen molar-refractivity contribution in [3.63, 3.8) is 0 Å². The number of urea groups is 1. The number of rotatable bonds is 9. The van der Waals surface area contributed by atoms with Gasteiger partial charge in [0.15, 0.2) is 11.9 Å². The zero-order valence-corrected chi connectivity index (χ0v) is 15.2. The van der Waals surface area contributed by atoms with E-state index in [0.717, 1.165) is 0 Å². The van der Waals surface area contributed by atoms with Crippen LogP contribution in [0.5, 0.6) is 0 Å². The predicted molar refractivity (Wildman–Crippen MR) is 95.8 cm³/mol. The summed E-state index contributed by atoms with van der Waals surface area (Å²) in [5, 5.41) is 6.69. The summed E-state index contributed by atoms with van der Waals surface area (Å²) >= 11 is 0. The first kappa shape index (κ1) is 21.8. The summed E-state index contributed by atoms with van der Waals surface area (Å²) in [5.41, 5.74) is 0.540. The van der Waals surface area contributed by atoms with E-state index in [1.165, 1.54) is 14.0 Å². The Bertz CT molecular complexity index is 690. The third kappa shape index (κ3) is 8.61. The number of benzene rings is 1. The van der Waals surface area contributed by atoms with Crippen LogP contribution < -0.4 is 16.0 Å². The fraction of sp³-hybridized carbons (Fsp3) is 0.389. The lowest BCUT2D eigenvalue weighted by Crippen LogP contribution is -2.43. The highest BCUT2D eigenvalue weighted by atomic mass is 16.5. The first-order valence-electron chi connectivity index (χ1n) is 8.40. The molecule has 0 aliphatic carbocycles. The van der Waals surface area contributed by atoms with Gasteiger partial charge < -0.3 is 15.4 Å². The summed E-state index contributed by atoms with van der Waals surface area (Å²) in [6, 6.07) is 7.94. The molecule has 9 nitrogen and oxygen atoms in total. The number of ketones is 1. The number of esters is 1. The summed E-state index contributed by atoms with van der Waals surface area (Å²) in [6.45, 7) is 1.34. The van der Waals surface area contributed by atoms with E-state index in [-0.39, 0.29) is 37.5 Å². The van der Waals surface area contributed by atoms with Gasteiger partial charge >= 0.3 is 12.0 Å². The van der Waals surface area contributed by atoms with Gasteiger partial charge in [-0.1, -0.05) is 30.3 Å². The second kappa shape index (κ2) is 11.4. The van der Waals surface area contributed by atoms with Crippen LogP contribution >= 0.6 is 0 Å².